The number of aliphatic hydroxyl groups is 1. The molecule has 2 aromatic carbocycles. The van der Waals surface area contributed by atoms with E-state index in [4.69, 9.17) is 15.2 Å². The first-order valence-corrected chi connectivity index (χ1v) is 36.6. The second kappa shape index (κ2) is 43.1. The van der Waals surface area contributed by atoms with Gasteiger partial charge in [-0.2, -0.15) is 9.97 Å². The number of aromatic nitrogens is 7. The van der Waals surface area contributed by atoms with Crippen LogP contribution in [0.3, 0.4) is 0 Å². The summed E-state index contributed by atoms with van der Waals surface area (Å²) in [5.74, 6) is -13.8. The van der Waals surface area contributed by atoms with Crippen LogP contribution in [-0.2, 0) is 70.4 Å². The normalized spacial score (nSPS) is 18.4. The Morgan fingerprint density at radius 1 is 0.726 bits per heavy atom. The molecule has 1 saturated heterocycles. The maximum Gasteiger partial charge on any atom is 0.331 e. The van der Waals surface area contributed by atoms with Crippen LogP contribution in [0, 0.1) is 11.8 Å². The SMILES string of the molecule is C/C=C/[C@@H]1O[C@H]([C@@H](/C=C/C=C(\C)C[C@@H](C)/C=C(C)\C=C\[C@H]2CC=CC(=O)O2)NC(=O)CCc2cn(-c3ccc(C(=O)NCCCC[C@H](NC(=O)[C@H](CC(=O)O)NC(=O)[C@H](CC(=O)O)NC(=O)[C@@H](CC(=O)O)NC(=O)CC[C@@H](C)NC(=O)c4ccc(NCc5cnc6nc(N)nc(O)c6n5)cc4)C(=O)O)cc3)nn2)C[C@@H](O)[C@@H]1C. The monoisotopic (exact) mass is 1560 g/mol. The van der Waals surface area contributed by atoms with E-state index in [1.165, 1.54) is 41.2 Å². The Balaban J connectivity index is 0.839. The van der Waals surface area contributed by atoms with Gasteiger partial charge in [-0.05, 0) is 120 Å². The van der Waals surface area contributed by atoms with Crippen molar-refractivity contribution in [1.82, 2.24) is 72.1 Å². The fraction of sp³-hybridized carbons (Fsp3) is 0.429. The number of hydrogen-bond acceptors (Lipinski definition) is 24. The molecule has 5 aromatic rings. The van der Waals surface area contributed by atoms with Crippen LogP contribution in [0.1, 0.15) is 151 Å². The smallest absolute Gasteiger partial charge is 0.331 e. The number of carboxylic acid groups (broad SMARTS) is 4. The number of unbranched alkanes of at least 4 members (excludes halogenated alkanes) is 1. The van der Waals surface area contributed by atoms with Crippen LogP contribution in [0.25, 0.3) is 16.9 Å². The van der Waals surface area contributed by atoms with E-state index in [0.717, 1.165) is 17.6 Å². The number of amides is 7. The summed E-state index contributed by atoms with van der Waals surface area (Å²) in [7, 11) is 0. The molecule has 16 N–H and O–H groups in total. The quantitative estimate of drug-likeness (QED) is 0.0114. The molecule has 0 aliphatic carbocycles. The van der Waals surface area contributed by atoms with Crippen molar-refractivity contribution in [2.75, 3.05) is 17.6 Å². The molecule has 5 heterocycles. The van der Waals surface area contributed by atoms with Crippen LogP contribution in [0.5, 0.6) is 5.88 Å². The van der Waals surface area contributed by atoms with Gasteiger partial charge in [0.2, 0.25) is 41.4 Å². The molecule has 113 heavy (non-hydrogen) atoms. The number of benzene rings is 2. The third-order valence-electron chi connectivity index (χ3n) is 18.1. The summed E-state index contributed by atoms with van der Waals surface area (Å²) in [5.41, 5.74) is 10.4. The minimum absolute atomic E-state index is 0.0343. The number of anilines is 2. The molecule has 7 rings (SSSR count). The summed E-state index contributed by atoms with van der Waals surface area (Å²) in [6, 6.07) is 3.56. The number of nitrogens with zero attached hydrogens (tertiary/aromatic N) is 7. The number of nitrogens with one attached hydrogen (secondary N) is 8. The number of carbonyl (C=O) groups excluding carboxylic acids is 8. The van der Waals surface area contributed by atoms with Crippen LogP contribution in [-0.4, -0.2) is 204 Å². The molecule has 12 atom stereocenters. The zero-order chi connectivity index (χ0) is 82.4. The molecular formula is C77H96N16O20. The molecule has 1 fully saturated rings. The highest BCUT2D eigenvalue weighted by molar-refractivity contribution is 5.99. The van der Waals surface area contributed by atoms with Gasteiger partial charge in [-0.25, -0.2) is 24.2 Å². The first kappa shape index (κ1) is 87.6. The van der Waals surface area contributed by atoms with Gasteiger partial charge >= 0.3 is 29.8 Å². The third kappa shape index (κ3) is 29.0. The molecule has 7 amide bonds. The molecular weight excluding hydrogens is 1470 g/mol. The lowest BCUT2D eigenvalue weighted by molar-refractivity contribution is -0.145. The van der Waals surface area contributed by atoms with Crippen molar-refractivity contribution in [3.8, 4) is 11.6 Å². The van der Waals surface area contributed by atoms with Gasteiger partial charge in [-0.1, -0.05) is 78.8 Å². The van der Waals surface area contributed by atoms with E-state index in [-0.39, 0.29) is 122 Å². The summed E-state index contributed by atoms with van der Waals surface area (Å²) in [5, 5.41) is 88.8. The Hall–Kier alpha value is -12.6. The number of rotatable bonds is 42. The summed E-state index contributed by atoms with van der Waals surface area (Å²) in [4.78, 5) is 170. The van der Waals surface area contributed by atoms with Crippen molar-refractivity contribution in [1.29, 1.82) is 0 Å². The van der Waals surface area contributed by atoms with Crippen molar-refractivity contribution in [3.63, 3.8) is 0 Å². The average molecular weight is 1570 g/mol. The zero-order valence-corrected chi connectivity index (χ0v) is 63.2. The highest BCUT2D eigenvalue weighted by atomic mass is 16.5. The fourth-order valence-corrected chi connectivity index (χ4v) is 12.1. The van der Waals surface area contributed by atoms with Crippen molar-refractivity contribution < 1.29 is 97.6 Å². The number of allylic oxidation sites excluding steroid dienone is 7. The van der Waals surface area contributed by atoms with Crippen molar-refractivity contribution in [2.45, 2.75) is 192 Å². The average Bonchev–Trinajstić information content (AvgIpc) is 1.05. The van der Waals surface area contributed by atoms with Gasteiger partial charge in [-0.3, -0.25) is 47.9 Å². The number of carboxylic acids is 4. The molecule has 0 bridgehead atoms. The van der Waals surface area contributed by atoms with Crippen molar-refractivity contribution in [2.24, 2.45) is 11.8 Å². The van der Waals surface area contributed by atoms with Gasteiger partial charge in [0.25, 0.3) is 11.8 Å². The van der Waals surface area contributed by atoms with E-state index in [9.17, 15) is 88.2 Å². The largest absolute Gasteiger partial charge is 0.492 e. The van der Waals surface area contributed by atoms with Gasteiger partial charge in [0.05, 0.1) is 79.6 Å². The van der Waals surface area contributed by atoms with Crippen LogP contribution >= 0.6 is 0 Å². The summed E-state index contributed by atoms with van der Waals surface area (Å²) >= 11 is 0. The number of ether oxygens (including phenoxy) is 2. The van der Waals surface area contributed by atoms with Gasteiger partial charge in [-0.15, -0.1) is 5.10 Å². The van der Waals surface area contributed by atoms with Crippen molar-refractivity contribution in [3.05, 3.63) is 155 Å². The predicted molar refractivity (Wildman–Crippen MR) is 408 cm³/mol. The van der Waals surface area contributed by atoms with E-state index in [0.29, 0.717) is 35.6 Å². The molecule has 0 radical (unpaired) electrons. The third-order valence-corrected chi connectivity index (χ3v) is 18.1. The minimum Gasteiger partial charge on any atom is -0.492 e. The number of aliphatic carboxylic acids is 4. The molecule has 36 nitrogen and oxygen atoms in total. The molecule has 3 aromatic heterocycles. The van der Waals surface area contributed by atoms with Gasteiger partial charge in [0, 0.05) is 73.5 Å². The molecule has 36 heteroatoms. The Labute approximate surface area is 649 Å². The number of nitrogen functional groups attached to an aromatic ring is 1. The lowest BCUT2D eigenvalue weighted by Crippen LogP contribution is -2.58. The second-order valence-electron chi connectivity index (χ2n) is 27.6. The number of hydrogen-bond donors (Lipinski definition) is 15. The molecule has 2 aliphatic heterocycles. The van der Waals surface area contributed by atoms with Crippen LogP contribution < -0.4 is 48.3 Å². The Morgan fingerprint density at radius 2 is 1.35 bits per heavy atom. The topological polar surface area (TPSA) is 549 Å². The number of aliphatic hydroxyl groups excluding tert-OH is 1. The van der Waals surface area contributed by atoms with E-state index < -0.39 is 133 Å². The van der Waals surface area contributed by atoms with Crippen LogP contribution in [0.2, 0.25) is 0 Å². The van der Waals surface area contributed by atoms with Crippen LogP contribution in [0.4, 0.5) is 11.6 Å². The lowest BCUT2D eigenvalue weighted by Gasteiger charge is -2.39. The minimum atomic E-state index is -2.12. The number of esters is 1. The van der Waals surface area contributed by atoms with Gasteiger partial charge in [0.1, 0.15) is 30.3 Å². The summed E-state index contributed by atoms with van der Waals surface area (Å²) in [6.07, 6.45) is 18.0. The van der Waals surface area contributed by atoms with E-state index >= 15 is 0 Å². The van der Waals surface area contributed by atoms with E-state index in [2.05, 4.69) is 75.1 Å². The number of aryl methyl sites for hydroxylation is 1. The first-order chi connectivity index (χ1) is 53.8. The van der Waals surface area contributed by atoms with Gasteiger partial charge < -0.3 is 88.4 Å². The van der Waals surface area contributed by atoms with Crippen molar-refractivity contribution >= 4 is 94.0 Å². The standard InChI is InChI=1S/C77H96N16O20/c1-7-12-60-46(6)59(94)38-61(113-60)54(16-10-13-42(2)33-44(4)34-43(3)18-29-53-14-11-17-67(103)112-53)84-63(96)31-26-50-41-93(92-91-50)52-27-22-47(23-28-52)70(104)79-32-9-8-15-55(76(110)111)86-73(107)57(36-65(99)100)88-74(108)58(37-66(101)102)87-72(106)56(35-64(97)98)85-62(95)30-19-45(5)82-71(105)48-20-24-49(25-21-48)80-39-51-40-81-69-68(83-51)75(109)90-77(78)89-69/h7,10-13,16-18,20-25,27-29,34,40-41,44-46,53-61,80,94H,8-9,14-15,19,26,30-33,35-39H2,1-6H3,(H,79,104)(H,82,105)(H,84,96)(H,85,95)(H,86,107)(H,87,106)(H,88,108)(H,97,98)(H,99,100)(H,101,102)(H,110,111)(H3,78,81,89,90,109)/b12-7+,16-10+,29-18+,42-13+,43-34-/t44-,45-,46+,53-,54-,55+,56-,57+,58+,59-,60+,61+/m1/s1. The highest BCUT2D eigenvalue weighted by Gasteiger charge is 2.38. The number of aromatic hydroxyl groups is 1. The second-order valence-corrected chi connectivity index (χ2v) is 27.6. The fourth-order valence-electron chi connectivity index (χ4n) is 12.1. The lowest BCUT2D eigenvalue weighted by atomic mass is 9.87. The maximum absolute atomic E-state index is 13.7. The summed E-state index contributed by atoms with van der Waals surface area (Å²) < 4.78 is 13.3. The predicted octanol–water partition coefficient (Wildman–Crippen LogP) is 3.90. The number of fused-ring (bicyclic) bond motifs is 1. The molecule has 0 saturated carbocycles. The first-order valence-electron chi connectivity index (χ1n) is 36.6. The zero-order valence-electron chi connectivity index (χ0n) is 63.2. The molecule has 0 spiro atoms. The Morgan fingerprint density at radius 3 is 1.99 bits per heavy atom. The number of carbonyl (C=O) groups is 12. The maximum atomic E-state index is 13.7. The highest BCUT2D eigenvalue weighted by Crippen LogP contribution is 2.29. The summed E-state index contributed by atoms with van der Waals surface area (Å²) in [6.45, 7) is 11.7. The molecule has 0 unspecified atom stereocenters. The number of nitrogens with two attached hydrogens (primary N) is 1. The molecule has 604 valence electrons. The Bertz CT molecular complexity index is 4430. The van der Waals surface area contributed by atoms with E-state index in [1.807, 2.05) is 80.9 Å². The Kier molecular flexibility index (Phi) is 33.4. The molecule has 2 aliphatic rings. The van der Waals surface area contributed by atoms with E-state index in [1.54, 1.807) is 43.5 Å². The van der Waals surface area contributed by atoms with Crippen LogP contribution in [0.15, 0.2) is 133 Å². The van der Waals surface area contributed by atoms with Gasteiger partial charge in [0.15, 0.2) is 11.2 Å². The number of cyclic esters (lactones) is 1.